The second-order valence-corrected chi connectivity index (χ2v) is 9.46. The highest BCUT2D eigenvalue weighted by Crippen LogP contribution is 2.37. The minimum atomic E-state index is -0.371. The summed E-state index contributed by atoms with van der Waals surface area (Å²) in [5, 5.41) is 9.10. The van der Waals surface area contributed by atoms with Gasteiger partial charge in [-0.15, -0.1) is 10.2 Å². The van der Waals surface area contributed by atoms with Crippen LogP contribution in [0.3, 0.4) is 0 Å². The summed E-state index contributed by atoms with van der Waals surface area (Å²) in [5.74, 6) is 1.78. The van der Waals surface area contributed by atoms with E-state index >= 15 is 0 Å². The summed E-state index contributed by atoms with van der Waals surface area (Å²) in [7, 11) is 0. The number of rotatable bonds is 4. The first kappa shape index (κ1) is 21.9. The Morgan fingerprint density at radius 3 is 2.71 bits per heavy atom. The number of benzene rings is 2. The number of amides is 2. The van der Waals surface area contributed by atoms with Crippen molar-refractivity contribution in [1.29, 1.82) is 0 Å². The summed E-state index contributed by atoms with van der Waals surface area (Å²) in [6, 6.07) is 12.6. The second-order valence-electron chi connectivity index (χ2n) is 9.02. The lowest BCUT2D eigenvalue weighted by Gasteiger charge is -2.32. The average Bonchev–Trinajstić information content (AvgIpc) is 3.63. The molecule has 2 aromatic carbocycles. The minimum Gasteiger partial charge on any atom is -0.454 e. The summed E-state index contributed by atoms with van der Waals surface area (Å²) in [6.07, 6.45) is 1.89. The van der Waals surface area contributed by atoms with E-state index in [0.29, 0.717) is 47.9 Å². The van der Waals surface area contributed by atoms with E-state index in [0.717, 1.165) is 24.1 Å². The van der Waals surface area contributed by atoms with Crippen molar-refractivity contribution >= 4 is 29.1 Å². The standard InChI is InChI=1S/C25H23ClN4O5/c26-18-4-6-19(7-5-18)30-13-17(11-22(30)31)25(32)29-9-1-2-16(12-29)24-28-27-23(35-24)15-3-8-20-21(10-15)34-14-33-20/h3-8,10,16-17H,1-2,9,11-14H2. The van der Waals surface area contributed by atoms with Crippen LogP contribution in [0.15, 0.2) is 46.9 Å². The summed E-state index contributed by atoms with van der Waals surface area (Å²) >= 11 is 5.97. The van der Waals surface area contributed by atoms with Crippen LogP contribution in [0.2, 0.25) is 5.02 Å². The van der Waals surface area contributed by atoms with E-state index in [9.17, 15) is 9.59 Å². The van der Waals surface area contributed by atoms with Crippen LogP contribution < -0.4 is 14.4 Å². The van der Waals surface area contributed by atoms with Crippen LogP contribution in [0.25, 0.3) is 11.5 Å². The van der Waals surface area contributed by atoms with Crippen molar-refractivity contribution in [2.75, 3.05) is 31.3 Å². The number of ether oxygens (including phenoxy) is 2. The molecule has 0 saturated carbocycles. The van der Waals surface area contributed by atoms with Crippen molar-refractivity contribution in [3.63, 3.8) is 0 Å². The number of carbonyl (C=O) groups is 2. The number of nitrogens with zero attached hydrogens (tertiary/aromatic N) is 4. The van der Waals surface area contributed by atoms with Gasteiger partial charge in [0.15, 0.2) is 11.5 Å². The molecule has 0 spiro atoms. The average molecular weight is 495 g/mol. The predicted octanol–water partition coefficient (Wildman–Crippen LogP) is 3.88. The first-order valence-electron chi connectivity index (χ1n) is 11.6. The van der Waals surface area contributed by atoms with Gasteiger partial charge in [-0.3, -0.25) is 9.59 Å². The first-order valence-corrected chi connectivity index (χ1v) is 12.0. The van der Waals surface area contributed by atoms with Gasteiger partial charge in [0.1, 0.15) is 0 Å². The number of piperidine rings is 1. The van der Waals surface area contributed by atoms with E-state index in [1.54, 1.807) is 29.2 Å². The lowest BCUT2D eigenvalue weighted by Crippen LogP contribution is -2.43. The fourth-order valence-corrected chi connectivity index (χ4v) is 5.05. The number of fused-ring (bicyclic) bond motifs is 1. The van der Waals surface area contributed by atoms with Crippen LogP contribution in [0.5, 0.6) is 11.5 Å². The number of hydrogen-bond acceptors (Lipinski definition) is 7. The van der Waals surface area contributed by atoms with Crippen LogP contribution >= 0.6 is 11.6 Å². The second kappa shape index (κ2) is 8.88. The van der Waals surface area contributed by atoms with E-state index in [4.69, 9.17) is 25.5 Å². The molecule has 2 saturated heterocycles. The number of hydrogen-bond donors (Lipinski definition) is 0. The Hall–Kier alpha value is -3.59. The molecular weight excluding hydrogens is 472 g/mol. The highest BCUT2D eigenvalue weighted by molar-refractivity contribution is 6.30. The molecule has 3 aliphatic heterocycles. The van der Waals surface area contributed by atoms with Crippen molar-refractivity contribution in [2.24, 2.45) is 5.92 Å². The molecule has 0 aliphatic carbocycles. The quantitative estimate of drug-likeness (QED) is 0.542. The van der Waals surface area contributed by atoms with E-state index in [2.05, 4.69) is 10.2 Å². The molecule has 3 aliphatic rings. The minimum absolute atomic E-state index is 0.00461. The Labute approximate surface area is 206 Å². The molecule has 4 heterocycles. The first-order chi connectivity index (χ1) is 17.0. The maximum Gasteiger partial charge on any atom is 0.247 e. The summed E-state index contributed by atoms with van der Waals surface area (Å²) in [5.41, 5.74) is 1.51. The Balaban J connectivity index is 1.13. The van der Waals surface area contributed by atoms with Crippen molar-refractivity contribution in [2.45, 2.75) is 25.2 Å². The number of likely N-dealkylation sites (tertiary alicyclic amines) is 1. The molecule has 0 bridgehead atoms. The lowest BCUT2D eigenvalue weighted by atomic mass is 9.96. The molecule has 2 amide bonds. The van der Waals surface area contributed by atoms with Gasteiger partial charge in [0, 0.05) is 42.3 Å². The van der Waals surface area contributed by atoms with Crippen LogP contribution in [0.1, 0.15) is 31.1 Å². The lowest BCUT2D eigenvalue weighted by molar-refractivity contribution is -0.137. The molecular formula is C25H23ClN4O5. The van der Waals surface area contributed by atoms with Gasteiger partial charge in [0.2, 0.25) is 30.4 Å². The maximum atomic E-state index is 13.3. The monoisotopic (exact) mass is 494 g/mol. The zero-order chi connectivity index (χ0) is 23.9. The number of carbonyl (C=O) groups excluding carboxylic acids is 2. The van der Waals surface area contributed by atoms with Gasteiger partial charge in [0.05, 0.1) is 11.8 Å². The summed E-state index contributed by atoms with van der Waals surface area (Å²) < 4.78 is 16.8. The maximum absolute atomic E-state index is 13.3. The fraction of sp³-hybridized carbons (Fsp3) is 0.360. The van der Waals surface area contributed by atoms with Gasteiger partial charge in [-0.05, 0) is 55.3 Å². The van der Waals surface area contributed by atoms with E-state index < -0.39 is 0 Å². The third-order valence-corrected chi connectivity index (χ3v) is 7.01. The predicted molar refractivity (Wildman–Crippen MR) is 126 cm³/mol. The largest absolute Gasteiger partial charge is 0.454 e. The van der Waals surface area contributed by atoms with Crippen LogP contribution in [-0.2, 0) is 9.59 Å². The van der Waals surface area contributed by atoms with Gasteiger partial charge in [-0.25, -0.2) is 0 Å². The molecule has 9 nitrogen and oxygen atoms in total. The van der Waals surface area contributed by atoms with Crippen molar-refractivity contribution in [3.8, 4) is 23.0 Å². The third kappa shape index (κ3) is 4.20. The highest BCUT2D eigenvalue weighted by atomic mass is 35.5. The molecule has 2 unspecified atom stereocenters. The van der Waals surface area contributed by atoms with Gasteiger partial charge >= 0.3 is 0 Å². The zero-order valence-corrected chi connectivity index (χ0v) is 19.6. The molecule has 0 radical (unpaired) electrons. The van der Waals surface area contributed by atoms with Gasteiger partial charge in [-0.2, -0.15) is 0 Å². The Bertz CT molecular complexity index is 1280. The van der Waals surface area contributed by atoms with Crippen molar-refractivity contribution < 1.29 is 23.5 Å². The zero-order valence-electron chi connectivity index (χ0n) is 18.9. The third-order valence-electron chi connectivity index (χ3n) is 6.76. The van der Waals surface area contributed by atoms with Gasteiger partial charge < -0.3 is 23.7 Å². The molecule has 3 aromatic rings. The van der Waals surface area contributed by atoms with E-state index in [-0.39, 0.29) is 36.9 Å². The topological polar surface area (TPSA) is 98.0 Å². The number of aromatic nitrogens is 2. The van der Waals surface area contributed by atoms with Crippen LogP contribution in [-0.4, -0.2) is 53.3 Å². The Morgan fingerprint density at radius 2 is 1.86 bits per heavy atom. The molecule has 2 fully saturated rings. The van der Waals surface area contributed by atoms with Crippen LogP contribution in [0, 0.1) is 5.92 Å². The highest BCUT2D eigenvalue weighted by Gasteiger charge is 2.39. The number of halogens is 1. The smallest absolute Gasteiger partial charge is 0.247 e. The molecule has 35 heavy (non-hydrogen) atoms. The van der Waals surface area contributed by atoms with E-state index in [1.807, 2.05) is 23.1 Å². The molecule has 0 N–H and O–H groups in total. The molecule has 1 aromatic heterocycles. The van der Waals surface area contributed by atoms with Gasteiger partial charge in [0.25, 0.3) is 0 Å². The Kier molecular flexibility index (Phi) is 5.56. The Morgan fingerprint density at radius 1 is 1.03 bits per heavy atom. The molecule has 2 atom stereocenters. The normalized spacial score (nSPS) is 21.6. The molecule has 10 heteroatoms. The fourth-order valence-electron chi connectivity index (χ4n) is 4.93. The molecule has 180 valence electrons. The summed E-state index contributed by atoms with van der Waals surface area (Å²) in [4.78, 5) is 29.4. The number of anilines is 1. The van der Waals surface area contributed by atoms with Gasteiger partial charge in [-0.1, -0.05) is 11.6 Å². The summed E-state index contributed by atoms with van der Waals surface area (Å²) in [6.45, 7) is 1.72. The van der Waals surface area contributed by atoms with Crippen LogP contribution in [0.4, 0.5) is 5.69 Å². The SMILES string of the molecule is O=C(C1CC(=O)N(c2ccc(Cl)cc2)C1)N1CCCC(c2nnc(-c3ccc4c(c3)OCO4)o2)C1. The van der Waals surface area contributed by atoms with Crippen molar-refractivity contribution in [3.05, 3.63) is 53.4 Å². The van der Waals surface area contributed by atoms with Crippen molar-refractivity contribution in [1.82, 2.24) is 15.1 Å². The van der Waals surface area contributed by atoms with E-state index in [1.165, 1.54) is 0 Å². The molecule has 6 rings (SSSR count).